The van der Waals surface area contributed by atoms with Gasteiger partial charge >= 0.3 is 0 Å². The molecule has 0 aliphatic carbocycles. The van der Waals surface area contributed by atoms with Crippen molar-refractivity contribution in [2.75, 3.05) is 11.1 Å². The summed E-state index contributed by atoms with van der Waals surface area (Å²) >= 11 is 1.56. The van der Waals surface area contributed by atoms with Gasteiger partial charge in [0.2, 0.25) is 0 Å². The molecule has 8 heteroatoms. The van der Waals surface area contributed by atoms with E-state index >= 15 is 0 Å². The third-order valence-electron chi connectivity index (χ3n) is 3.54. The molecule has 0 unspecified atom stereocenters. The fraction of sp³-hybridized carbons (Fsp3) is 0.125. The Morgan fingerprint density at radius 1 is 1.25 bits per heavy atom. The van der Waals surface area contributed by atoms with Gasteiger partial charge in [0.1, 0.15) is 21.2 Å². The molecule has 4 rings (SSSR count). The van der Waals surface area contributed by atoms with Crippen LogP contribution in [0.3, 0.4) is 0 Å². The minimum absolute atomic E-state index is 0.550. The van der Waals surface area contributed by atoms with Gasteiger partial charge in [0.25, 0.3) is 0 Å². The van der Waals surface area contributed by atoms with Crippen molar-refractivity contribution < 1.29 is 0 Å². The van der Waals surface area contributed by atoms with E-state index in [2.05, 4.69) is 25.4 Å². The maximum absolute atomic E-state index is 6.04. The fourth-order valence-corrected chi connectivity index (χ4v) is 3.22. The van der Waals surface area contributed by atoms with E-state index in [-0.39, 0.29) is 0 Å². The van der Waals surface area contributed by atoms with Gasteiger partial charge in [-0.1, -0.05) is 11.3 Å². The maximum Gasteiger partial charge on any atom is 0.150 e. The van der Waals surface area contributed by atoms with Gasteiger partial charge in [0.15, 0.2) is 0 Å². The Bertz CT molecular complexity index is 972. The van der Waals surface area contributed by atoms with Crippen LogP contribution in [0.2, 0.25) is 0 Å². The van der Waals surface area contributed by atoms with Crippen LogP contribution in [0.4, 0.5) is 11.5 Å². The SMILES string of the molecule is Cn1cc(-c2ccc(N)c(NCc3nc4cccnc4s3)n2)cn1. The van der Waals surface area contributed by atoms with Gasteiger partial charge in [-0.05, 0) is 24.3 Å². The summed E-state index contributed by atoms with van der Waals surface area (Å²) in [5.74, 6) is 0.642. The first-order valence-corrected chi connectivity index (χ1v) is 8.20. The number of nitrogens with one attached hydrogen (secondary N) is 1. The van der Waals surface area contributed by atoms with E-state index in [1.165, 1.54) is 0 Å². The van der Waals surface area contributed by atoms with Crippen LogP contribution in [0, 0.1) is 0 Å². The number of aryl methyl sites for hydroxylation is 1. The van der Waals surface area contributed by atoms with Gasteiger partial charge in [-0.3, -0.25) is 4.68 Å². The highest BCUT2D eigenvalue weighted by atomic mass is 32.1. The smallest absolute Gasteiger partial charge is 0.150 e. The number of hydrogen-bond acceptors (Lipinski definition) is 7. The Morgan fingerprint density at radius 3 is 2.96 bits per heavy atom. The molecule has 0 radical (unpaired) electrons. The number of nitrogens with zero attached hydrogens (tertiary/aromatic N) is 5. The molecule has 120 valence electrons. The third-order valence-corrected chi connectivity index (χ3v) is 4.52. The molecular weight excluding hydrogens is 322 g/mol. The average Bonchev–Trinajstić information content (AvgIpc) is 3.20. The molecule has 0 aliphatic heterocycles. The van der Waals surface area contributed by atoms with E-state index in [0.717, 1.165) is 26.6 Å². The number of rotatable bonds is 4. The number of nitrogens with two attached hydrogens (primary N) is 1. The van der Waals surface area contributed by atoms with Crippen molar-refractivity contribution in [2.45, 2.75) is 6.54 Å². The van der Waals surface area contributed by atoms with Crippen LogP contribution >= 0.6 is 11.3 Å². The summed E-state index contributed by atoms with van der Waals surface area (Å²) in [5.41, 5.74) is 9.32. The molecule has 24 heavy (non-hydrogen) atoms. The topological polar surface area (TPSA) is 94.5 Å². The van der Waals surface area contributed by atoms with Crippen molar-refractivity contribution >= 4 is 33.2 Å². The van der Waals surface area contributed by atoms with Crippen molar-refractivity contribution in [2.24, 2.45) is 7.05 Å². The molecule has 0 aromatic carbocycles. The molecule has 4 aromatic rings. The molecule has 0 aliphatic rings. The van der Waals surface area contributed by atoms with E-state index in [9.17, 15) is 0 Å². The molecule has 4 aromatic heterocycles. The maximum atomic E-state index is 6.04. The van der Waals surface area contributed by atoms with E-state index < -0.39 is 0 Å². The lowest BCUT2D eigenvalue weighted by atomic mass is 10.2. The first kappa shape index (κ1) is 14.6. The molecule has 4 heterocycles. The zero-order valence-corrected chi connectivity index (χ0v) is 13.8. The molecule has 0 spiro atoms. The minimum Gasteiger partial charge on any atom is -0.396 e. The van der Waals surface area contributed by atoms with Crippen LogP contribution in [-0.2, 0) is 13.6 Å². The summed E-state index contributed by atoms with van der Waals surface area (Å²) in [5, 5.41) is 8.38. The van der Waals surface area contributed by atoms with Crippen LogP contribution < -0.4 is 11.1 Å². The Labute approximate surface area is 142 Å². The number of thiazole rings is 1. The molecule has 0 saturated carbocycles. The van der Waals surface area contributed by atoms with Crippen LogP contribution in [-0.4, -0.2) is 24.7 Å². The first-order chi connectivity index (χ1) is 11.7. The van der Waals surface area contributed by atoms with E-state index in [1.807, 2.05) is 37.5 Å². The second kappa shape index (κ2) is 5.89. The van der Waals surface area contributed by atoms with Gasteiger partial charge in [-0.25, -0.2) is 15.0 Å². The summed E-state index contributed by atoms with van der Waals surface area (Å²) in [4.78, 5) is 14.4. The highest BCUT2D eigenvalue weighted by Gasteiger charge is 2.09. The summed E-state index contributed by atoms with van der Waals surface area (Å²) in [6, 6.07) is 7.57. The Hall–Kier alpha value is -3.00. The number of hydrogen-bond donors (Lipinski definition) is 2. The second-order valence-electron chi connectivity index (χ2n) is 5.33. The lowest BCUT2D eigenvalue weighted by Gasteiger charge is -2.08. The van der Waals surface area contributed by atoms with E-state index in [0.29, 0.717) is 18.1 Å². The zero-order chi connectivity index (χ0) is 16.5. The van der Waals surface area contributed by atoms with Crippen LogP contribution in [0.1, 0.15) is 5.01 Å². The zero-order valence-electron chi connectivity index (χ0n) is 13.0. The monoisotopic (exact) mass is 337 g/mol. The van der Waals surface area contributed by atoms with E-state index in [4.69, 9.17) is 5.73 Å². The first-order valence-electron chi connectivity index (χ1n) is 7.39. The highest BCUT2D eigenvalue weighted by molar-refractivity contribution is 7.18. The summed E-state index contributed by atoms with van der Waals surface area (Å²) < 4.78 is 1.74. The molecule has 0 saturated heterocycles. The third kappa shape index (κ3) is 2.79. The minimum atomic E-state index is 0.550. The fourth-order valence-electron chi connectivity index (χ4n) is 2.38. The molecule has 7 nitrogen and oxygen atoms in total. The Morgan fingerprint density at radius 2 is 2.17 bits per heavy atom. The van der Waals surface area contributed by atoms with Crippen molar-refractivity contribution in [1.82, 2.24) is 24.7 Å². The van der Waals surface area contributed by atoms with Crippen molar-refractivity contribution in [3.05, 3.63) is 47.9 Å². The normalized spacial score (nSPS) is 11.0. The van der Waals surface area contributed by atoms with Crippen molar-refractivity contribution in [1.29, 1.82) is 0 Å². The summed E-state index contributed by atoms with van der Waals surface area (Å²) in [6.45, 7) is 0.550. The molecule has 0 fully saturated rings. The van der Waals surface area contributed by atoms with Gasteiger partial charge in [-0.15, -0.1) is 0 Å². The second-order valence-corrected chi connectivity index (χ2v) is 6.39. The van der Waals surface area contributed by atoms with Gasteiger partial charge in [0.05, 0.1) is 24.1 Å². The van der Waals surface area contributed by atoms with Crippen molar-refractivity contribution in [3.63, 3.8) is 0 Å². The molecular formula is C16H15N7S. The summed E-state index contributed by atoms with van der Waals surface area (Å²) in [6.07, 6.45) is 5.47. The van der Waals surface area contributed by atoms with Crippen LogP contribution in [0.25, 0.3) is 21.6 Å². The molecule has 0 atom stereocenters. The molecule has 0 amide bonds. The number of pyridine rings is 2. The quantitative estimate of drug-likeness (QED) is 0.594. The highest BCUT2D eigenvalue weighted by Crippen LogP contribution is 2.24. The summed E-state index contributed by atoms with van der Waals surface area (Å²) in [7, 11) is 1.88. The van der Waals surface area contributed by atoms with Crippen LogP contribution in [0.5, 0.6) is 0 Å². The van der Waals surface area contributed by atoms with E-state index in [1.54, 1.807) is 28.4 Å². The standard InChI is InChI=1S/C16H15N7S/c1-23-9-10(7-20-23)12-5-4-11(17)15(22-12)19-8-14-21-13-3-2-6-18-16(13)24-14/h2-7,9H,8,17H2,1H3,(H,19,22). The average molecular weight is 337 g/mol. The van der Waals surface area contributed by atoms with Gasteiger partial charge in [0, 0.05) is 25.0 Å². The predicted molar refractivity (Wildman–Crippen MR) is 95.6 cm³/mol. The van der Waals surface area contributed by atoms with Crippen molar-refractivity contribution in [3.8, 4) is 11.3 Å². The number of anilines is 2. The number of fused-ring (bicyclic) bond motifs is 1. The molecule has 3 N–H and O–H groups in total. The Balaban J connectivity index is 1.57. The molecule has 0 bridgehead atoms. The number of aromatic nitrogens is 5. The largest absolute Gasteiger partial charge is 0.396 e. The van der Waals surface area contributed by atoms with Crippen LogP contribution in [0.15, 0.2) is 42.9 Å². The lowest BCUT2D eigenvalue weighted by Crippen LogP contribution is -2.05. The predicted octanol–water partition coefficient (Wildman–Crippen LogP) is 2.68. The Kier molecular flexibility index (Phi) is 3.58. The van der Waals surface area contributed by atoms with Gasteiger partial charge in [-0.2, -0.15) is 5.10 Å². The van der Waals surface area contributed by atoms with Gasteiger partial charge < -0.3 is 11.1 Å². The number of nitrogen functional groups attached to an aromatic ring is 1. The lowest BCUT2D eigenvalue weighted by molar-refractivity contribution is 0.768.